The Labute approximate surface area is 170 Å². The summed E-state index contributed by atoms with van der Waals surface area (Å²) in [6, 6.07) is 5.01. The molecule has 0 radical (unpaired) electrons. The summed E-state index contributed by atoms with van der Waals surface area (Å²) >= 11 is 6.14. The Morgan fingerprint density at radius 2 is 2.04 bits per heavy atom. The lowest BCUT2D eigenvalue weighted by molar-refractivity contribution is -0.120. The van der Waals surface area contributed by atoms with Crippen molar-refractivity contribution < 1.29 is 14.0 Å². The molecule has 3 heterocycles. The molecule has 3 fully saturated rings. The fourth-order valence-corrected chi connectivity index (χ4v) is 5.71. The molecular weight excluding hydrogens is 381 g/mol. The molecule has 3 aliphatic rings. The second-order valence-electron chi connectivity index (χ2n) is 8.37. The average molecular weight is 408 g/mol. The maximum atomic E-state index is 14.3. The van der Waals surface area contributed by atoms with Gasteiger partial charge in [0, 0.05) is 38.6 Å². The van der Waals surface area contributed by atoms with Gasteiger partial charge in [-0.2, -0.15) is 0 Å². The topological polar surface area (TPSA) is 52.7 Å². The van der Waals surface area contributed by atoms with Gasteiger partial charge in [-0.1, -0.05) is 24.1 Å². The third-order valence-corrected chi connectivity index (χ3v) is 6.96. The van der Waals surface area contributed by atoms with Gasteiger partial charge in [-0.15, -0.1) is 0 Å². The fraction of sp³-hybridized carbons (Fsp3) is 0.619. The van der Waals surface area contributed by atoms with Crippen molar-refractivity contribution >= 4 is 23.4 Å². The lowest BCUT2D eigenvalue weighted by Crippen LogP contribution is -2.66. The predicted molar refractivity (Wildman–Crippen MR) is 106 cm³/mol. The predicted octanol–water partition coefficient (Wildman–Crippen LogP) is 2.93. The zero-order valence-corrected chi connectivity index (χ0v) is 16.9. The van der Waals surface area contributed by atoms with Gasteiger partial charge in [-0.25, -0.2) is 4.39 Å². The van der Waals surface area contributed by atoms with Crippen molar-refractivity contribution in [3.63, 3.8) is 0 Å². The second-order valence-corrected chi connectivity index (χ2v) is 8.78. The number of nitrogens with zero attached hydrogens (tertiary/aromatic N) is 2. The van der Waals surface area contributed by atoms with Crippen molar-refractivity contribution in [1.82, 2.24) is 15.1 Å². The molecule has 0 unspecified atom stereocenters. The molecule has 1 N–H and O–H groups in total. The summed E-state index contributed by atoms with van der Waals surface area (Å²) in [5.74, 6) is -0.253. The molecule has 152 valence electrons. The first-order chi connectivity index (χ1) is 13.5. The molecule has 0 saturated carbocycles. The molecule has 2 amide bonds. The highest BCUT2D eigenvalue weighted by molar-refractivity contribution is 6.33. The number of carbonyl (C=O) groups excluding carboxylic acids is 2. The van der Waals surface area contributed by atoms with Gasteiger partial charge < -0.3 is 10.2 Å². The number of hydrogen-bond donors (Lipinski definition) is 1. The van der Waals surface area contributed by atoms with Crippen molar-refractivity contribution in [2.75, 3.05) is 26.2 Å². The molecule has 1 aromatic rings. The van der Waals surface area contributed by atoms with Crippen LogP contribution in [0.2, 0.25) is 5.02 Å². The van der Waals surface area contributed by atoms with Crippen molar-refractivity contribution in [2.24, 2.45) is 11.8 Å². The summed E-state index contributed by atoms with van der Waals surface area (Å²) in [5.41, 5.74) is -0.0250. The van der Waals surface area contributed by atoms with E-state index < -0.39 is 5.82 Å². The number of fused-ring (bicyclic) bond motifs is 4. The molecule has 1 aromatic carbocycles. The number of likely N-dealkylation sites (tertiary alicyclic amines) is 1. The molecule has 4 atom stereocenters. The van der Waals surface area contributed by atoms with E-state index in [1.807, 2.05) is 0 Å². The minimum absolute atomic E-state index is 0.0250. The van der Waals surface area contributed by atoms with Crippen LogP contribution in [0.25, 0.3) is 0 Å². The van der Waals surface area contributed by atoms with Crippen molar-refractivity contribution in [1.29, 1.82) is 0 Å². The smallest absolute Gasteiger partial charge is 0.258 e. The minimum atomic E-state index is -0.567. The highest BCUT2D eigenvalue weighted by Crippen LogP contribution is 2.41. The van der Waals surface area contributed by atoms with Crippen molar-refractivity contribution in [2.45, 2.75) is 44.7 Å². The summed E-state index contributed by atoms with van der Waals surface area (Å²) in [4.78, 5) is 29.0. The quantitative estimate of drug-likeness (QED) is 0.838. The molecule has 5 nitrogen and oxygen atoms in total. The van der Waals surface area contributed by atoms with E-state index in [0.717, 1.165) is 19.4 Å². The summed E-state index contributed by atoms with van der Waals surface area (Å²) in [6.07, 6.45) is 4.55. The zero-order valence-electron chi connectivity index (χ0n) is 16.2. The molecule has 3 aliphatic heterocycles. The average Bonchev–Trinajstić information content (AvgIpc) is 2.67. The summed E-state index contributed by atoms with van der Waals surface area (Å²) < 4.78 is 14.3. The second kappa shape index (κ2) is 7.99. The highest BCUT2D eigenvalue weighted by Gasteiger charge is 2.48. The van der Waals surface area contributed by atoms with E-state index in [-0.39, 0.29) is 34.4 Å². The Hall–Kier alpha value is -1.66. The van der Waals surface area contributed by atoms with Gasteiger partial charge in [0.1, 0.15) is 5.82 Å². The van der Waals surface area contributed by atoms with Crippen LogP contribution in [-0.4, -0.2) is 59.9 Å². The summed E-state index contributed by atoms with van der Waals surface area (Å²) in [7, 11) is 0. The van der Waals surface area contributed by atoms with Gasteiger partial charge in [-0.05, 0) is 49.8 Å². The van der Waals surface area contributed by atoms with Crippen LogP contribution in [0, 0.1) is 17.7 Å². The highest BCUT2D eigenvalue weighted by atomic mass is 35.5. The molecule has 4 rings (SSSR count). The first-order valence-electron chi connectivity index (χ1n) is 10.2. The molecule has 28 heavy (non-hydrogen) atoms. The summed E-state index contributed by atoms with van der Waals surface area (Å²) in [5, 5.41) is 3.14. The van der Waals surface area contributed by atoms with E-state index >= 15 is 0 Å². The Bertz CT molecular complexity index is 754. The number of rotatable bonds is 3. The number of carbonyl (C=O) groups is 2. The maximum absolute atomic E-state index is 14.3. The Kier molecular flexibility index (Phi) is 5.61. The van der Waals surface area contributed by atoms with Crippen LogP contribution in [0.1, 0.15) is 43.0 Å². The SMILES string of the molecule is CC(=O)NC[C@H]1[C@H]2C[C@H](CN(C(=O)c3c(F)cccc3Cl)C2)[C@@H]2CCCCN21. The maximum Gasteiger partial charge on any atom is 0.258 e. The van der Waals surface area contributed by atoms with Gasteiger partial charge in [-0.3, -0.25) is 14.5 Å². The Morgan fingerprint density at radius 1 is 1.25 bits per heavy atom. The van der Waals surface area contributed by atoms with E-state index in [9.17, 15) is 14.0 Å². The molecule has 7 heteroatoms. The van der Waals surface area contributed by atoms with Gasteiger partial charge in [0.05, 0.1) is 10.6 Å². The number of halogens is 2. The largest absolute Gasteiger partial charge is 0.355 e. The third-order valence-electron chi connectivity index (χ3n) is 6.65. The molecule has 0 aromatic heterocycles. The zero-order chi connectivity index (χ0) is 19.8. The minimum Gasteiger partial charge on any atom is -0.355 e. The number of nitrogens with one attached hydrogen (secondary N) is 1. The summed E-state index contributed by atoms with van der Waals surface area (Å²) in [6.45, 7) is 4.42. The molecule has 0 aliphatic carbocycles. The first-order valence-corrected chi connectivity index (χ1v) is 10.6. The number of benzene rings is 1. The van der Waals surface area contributed by atoms with Crippen LogP contribution in [-0.2, 0) is 4.79 Å². The van der Waals surface area contributed by atoms with Crippen LogP contribution < -0.4 is 5.32 Å². The number of piperidine rings is 3. The number of hydrogen-bond acceptors (Lipinski definition) is 3. The van der Waals surface area contributed by atoms with Crippen molar-refractivity contribution in [3.05, 3.63) is 34.6 Å². The van der Waals surface area contributed by atoms with Crippen molar-refractivity contribution in [3.8, 4) is 0 Å². The van der Waals surface area contributed by atoms with E-state index in [1.54, 1.807) is 11.0 Å². The van der Waals surface area contributed by atoms with Gasteiger partial charge in [0.15, 0.2) is 0 Å². The monoisotopic (exact) mass is 407 g/mol. The van der Waals surface area contributed by atoms with Gasteiger partial charge in [0.2, 0.25) is 5.91 Å². The van der Waals surface area contributed by atoms with Gasteiger partial charge >= 0.3 is 0 Å². The van der Waals surface area contributed by atoms with E-state index in [1.165, 1.54) is 31.9 Å². The first kappa shape index (κ1) is 19.6. The normalized spacial score (nSPS) is 29.9. The fourth-order valence-electron chi connectivity index (χ4n) is 5.46. The van der Waals surface area contributed by atoms with Gasteiger partial charge in [0.25, 0.3) is 5.91 Å². The molecule has 0 spiro atoms. The molecule has 3 saturated heterocycles. The lowest BCUT2D eigenvalue weighted by Gasteiger charge is -2.56. The van der Waals surface area contributed by atoms with Crippen LogP contribution in [0.4, 0.5) is 4.39 Å². The number of amides is 2. The Balaban J connectivity index is 1.59. The van der Waals surface area contributed by atoms with Crippen LogP contribution in [0.3, 0.4) is 0 Å². The van der Waals surface area contributed by atoms with E-state index in [4.69, 9.17) is 11.6 Å². The van der Waals surface area contributed by atoms with Crippen LogP contribution >= 0.6 is 11.6 Å². The van der Waals surface area contributed by atoms with E-state index in [0.29, 0.717) is 31.6 Å². The Morgan fingerprint density at radius 3 is 2.79 bits per heavy atom. The molecule has 2 bridgehead atoms. The van der Waals surface area contributed by atoms with E-state index in [2.05, 4.69) is 10.2 Å². The van der Waals surface area contributed by atoms with Crippen LogP contribution in [0.15, 0.2) is 18.2 Å². The lowest BCUT2D eigenvalue weighted by atomic mass is 9.72. The molecular formula is C21H27ClFN3O2. The van der Waals surface area contributed by atoms with Crippen LogP contribution in [0.5, 0.6) is 0 Å². The standard InChI is InChI=1S/C21H27ClFN3O2/c1-13(27)24-10-19-15-9-14(18-7-2-3-8-26(18)19)11-25(12-15)21(28)20-16(22)5-4-6-17(20)23/h4-6,14-15,18-19H,2-3,7-12H2,1H3,(H,24,27)/t14-,15+,18+,19+/m1/s1. The third kappa shape index (κ3) is 3.64.